The zero-order chi connectivity index (χ0) is 24.7. The fraction of sp³-hybridized carbons (Fsp3) is 0.120. The number of rotatable bonds is 5. The molecule has 0 saturated heterocycles. The first-order chi connectivity index (χ1) is 16.8. The number of aryl methyl sites for hydroxylation is 2. The van der Waals surface area contributed by atoms with E-state index in [-0.39, 0.29) is 21.6 Å². The number of nitrogens with one attached hydrogen (secondary N) is 1. The van der Waals surface area contributed by atoms with Gasteiger partial charge in [-0.15, -0.1) is 0 Å². The maximum absolute atomic E-state index is 13.1. The summed E-state index contributed by atoms with van der Waals surface area (Å²) >= 11 is 0. The number of fused-ring (bicyclic) bond motifs is 1. The minimum absolute atomic E-state index is 0.0220. The first-order valence-electron chi connectivity index (χ1n) is 10.7. The van der Waals surface area contributed by atoms with Crippen molar-refractivity contribution in [1.82, 2.24) is 24.7 Å². The molecule has 3 heterocycles. The first kappa shape index (κ1) is 22.5. The van der Waals surface area contributed by atoms with E-state index in [1.807, 2.05) is 37.3 Å². The van der Waals surface area contributed by atoms with E-state index in [1.54, 1.807) is 23.7 Å². The average Bonchev–Trinajstić information content (AvgIpc) is 3.21. The van der Waals surface area contributed by atoms with Crippen molar-refractivity contribution in [2.24, 2.45) is 0 Å². The molecular formula is C25H21N5O4S. The Morgan fingerprint density at radius 1 is 0.914 bits per heavy atom. The van der Waals surface area contributed by atoms with Crippen LogP contribution in [0.5, 0.6) is 5.88 Å². The molecule has 0 amide bonds. The molecule has 0 radical (unpaired) electrons. The van der Waals surface area contributed by atoms with E-state index in [2.05, 4.69) is 20.1 Å². The van der Waals surface area contributed by atoms with Crippen molar-refractivity contribution in [2.75, 3.05) is 7.11 Å². The summed E-state index contributed by atoms with van der Waals surface area (Å²) in [7, 11) is -2.48. The lowest BCUT2D eigenvalue weighted by Gasteiger charge is -2.10. The van der Waals surface area contributed by atoms with Gasteiger partial charge in [0, 0.05) is 0 Å². The molecule has 10 heteroatoms. The van der Waals surface area contributed by atoms with Crippen LogP contribution in [0.4, 0.5) is 0 Å². The second kappa shape index (κ2) is 8.48. The largest absolute Gasteiger partial charge is 0.480 e. The van der Waals surface area contributed by atoms with Gasteiger partial charge in [0.15, 0.2) is 10.5 Å². The summed E-state index contributed by atoms with van der Waals surface area (Å²) in [5.41, 5.74) is 2.93. The van der Waals surface area contributed by atoms with Gasteiger partial charge in [0.05, 0.1) is 29.0 Å². The molecule has 5 rings (SSSR count). The van der Waals surface area contributed by atoms with Gasteiger partial charge in [0.25, 0.3) is 5.56 Å². The van der Waals surface area contributed by atoms with Crippen molar-refractivity contribution in [2.45, 2.75) is 23.8 Å². The zero-order valence-corrected chi connectivity index (χ0v) is 20.0. The Bertz CT molecular complexity index is 1720. The molecule has 0 atom stereocenters. The summed E-state index contributed by atoms with van der Waals surface area (Å²) in [5, 5.41) is 4.32. The van der Waals surface area contributed by atoms with Crippen molar-refractivity contribution in [1.29, 1.82) is 0 Å². The van der Waals surface area contributed by atoms with E-state index < -0.39 is 15.4 Å². The number of H-pyrrole nitrogens is 1. The number of hydrogen-bond acceptors (Lipinski definition) is 7. The van der Waals surface area contributed by atoms with E-state index in [0.717, 1.165) is 11.3 Å². The Labute approximate surface area is 201 Å². The standard InChI is InChI=1S/C25H21N5O4S/c1-15-9-11-18(12-10-15)35(32,33)20-14-13-19(25(26-20)34-3)23-27-21-16(2)29-30(22(21)24(31)28-23)17-7-5-4-6-8-17/h4-14H,1-3H3,(H,27,28,31). The van der Waals surface area contributed by atoms with Crippen molar-refractivity contribution in [3.63, 3.8) is 0 Å². The third-order valence-corrected chi connectivity index (χ3v) is 7.26. The third kappa shape index (κ3) is 3.87. The Hall–Kier alpha value is -4.31. The number of pyridine rings is 1. The first-order valence-corrected chi connectivity index (χ1v) is 12.2. The van der Waals surface area contributed by atoms with Crippen molar-refractivity contribution in [3.05, 3.63) is 88.3 Å². The van der Waals surface area contributed by atoms with Crippen LogP contribution in [0, 0.1) is 13.8 Å². The average molecular weight is 488 g/mol. The quantitative estimate of drug-likeness (QED) is 0.402. The smallest absolute Gasteiger partial charge is 0.277 e. The van der Waals surface area contributed by atoms with Gasteiger partial charge >= 0.3 is 0 Å². The lowest BCUT2D eigenvalue weighted by molar-refractivity contribution is 0.395. The molecule has 0 spiro atoms. The molecule has 0 aliphatic rings. The summed E-state index contributed by atoms with van der Waals surface area (Å²) in [4.78, 5) is 24.8. The van der Waals surface area contributed by atoms with Crippen LogP contribution in [0.2, 0.25) is 0 Å². The van der Waals surface area contributed by atoms with Gasteiger partial charge in [0.2, 0.25) is 15.7 Å². The van der Waals surface area contributed by atoms with E-state index in [0.29, 0.717) is 22.3 Å². The van der Waals surface area contributed by atoms with E-state index in [1.165, 1.54) is 31.4 Å². The number of nitrogens with zero attached hydrogens (tertiary/aromatic N) is 4. The lowest BCUT2D eigenvalue weighted by Crippen LogP contribution is -2.14. The van der Waals surface area contributed by atoms with Crippen molar-refractivity contribution in [3.8, 4) is 23.0 Å². The number of methoxy groups -OCH3 is 1. The fourth-order valence-electron chi connectivity index (χ4n) is 3.79. The molecule has 35 heavy (non-hydrogen) atoms. The summed E-state index contributed by atoms with van der Waals surface area (Å²) in [6, 6.07) is 18.7. The van der Waals surface area contributed by atoms with Crippen LogP contribution < -0.4 is 10.3 Å². The Kier molecular flexibility index (Phi) is 5.45. The van der Waals surface area contributed by atoms with Gasteiger partial charge in [-0.05, 0) is 50.2 Å². The number of ether oxygens (including phenoxy) is 1. The van der Waals surface area contributed by atoms with Crippen LogP contribution >= 0.6 is 0 Å². The Morgan fingerprint density at radius 3 is 2.31 bits per heavy atom. The number of benzene rings is 2. The molecule has 3 aromatic heterocycles. The van der Waals surface area contributed by atoms with Crippen molar-refractivity contribution < 1.29 is 13.2 Å². The molecule has 9 nitrogen and oxygen atoms in total. The van der Waals surface area contributed by atoms with Gasteiger partial charge in [0.1, 0.15) is 11.3 Å². The third-order valence-electron chi connectivity index (χ3n) is 5.59. The van der Waals surface area contributed by atoms with Crippen LogP contribution in [-0.4, -0.2) is 40.3 Å². The monoisotopic (exact) mass is 487 g/mol. The second-order valence-corrected chi connectivity index (χ2v) is 9.86. The number of hydrogen-bond donors (Lipinski definition) is 1. The topological polar surface area (TPSA) is 120 Å². The molecule has 0 aliphatic carbocycles. The van der Waals surface area contributed by atoms with Crippen LogP contribution in [0.25, 0.3) is 28.1 Å². The molecule has 0 aliphatic heterocycles. The van der Waals surface area contributed by atoms with E-state index >= 15 is 0 Å². The Morgan fingerprint density at radius 2 is 1.63 bits per heavy atom. The van der Waals surface area contributed by atoms with E-state index in [9.17, 15) is 13.2 Å². The summed E-state index contributed by atoms with van der Waals surface area (Å²) in [6.45, 7) is 3.65. The normalized spacial score (nSPS) is 11.6. The Balaban J connectivity index is 1.63. The second-order valence-electron chi connectivity index (χ2n) is 7.97. The van der Waals surface area contributed by atoms with Crippen LogP contribution in [0.1, 0.15) is 11.3 Å². The van der Waals surface area contributed by atoms with Gasteiger partial charge in [-0.25, -0.2) is 23.1 Å². The summed E-state index contributed by atoms with van der Waals surface area (Å²) < 4.78 is 33.1. The highest BCUT2D eigenvalue weighted by Gasteiger charge is 2.23. The maximum Gasteiger partial charge on any atom is 0.277 e. The molecule has 0 fully saturated rings. The SMILES string of the molecule is COc1nc(S(=O)(=O)c2ccc(C)cc2)ccc1-c1nc2c(C)nn(-c3ccccc3)c2c(=O)[nH]1. The lowest BCUT2D eigenvalue weighted by atomic mass is 10.2. The highest BCUT2D eigenvalue weighted by molar-refractivity contribution is 7.91. The highest BCUT2D eigenvalue weighted by atomic mass is 32.2. The van der Waals surface area contributed by atoms with Crippen LogP contribution in [-0.2, 0) is 9.84 Å². The molecule has 2 aromatic carbocycles. The van der Waals surface area contributed by atoms with Gasteiger partial charge < -0.3 is 9.72 Å². The number of aromatic amines is 1. The van der Waals surface area contributed by atoms with Gasteiger partial charge in [-0.2, -0.15) is 5.10 Å². The molecule has 5 aromatic rings. The fourth-order valence-corrected chi connectivity index (χ4v) is 4.98. The predicted molar refractivity (Wildman–Crippen MR) is 131 cm³/mol. The minimum Gasteiger partial charge on any atom is -0.480 e. The van der Waals surface area contributed by atoms with Gasteiger partial charge in [-0.1, -0.05) is 35.9 Å². The van der Waals surface area contributed by atoms with E-state index in [4.69, 9.17) is 4.74 Å². The molecule has 0 bridgehead atoms. The van der Waals surface area contributed by atoms with Gasteiger partial charge in [-0.3, -0.25) is 4.79 Å². The maximum atomic E-state index is 13.1. The highest BCUT2D eigenvalue weighted by Crippen LogP contribution is 2.30. The molecule has 0 saturated carbocycles. The number of para-hydroxylation sites is 1. The summed E-state index contributed by atoms with van der Waals surface area (Å²) in [6.07, 6.45) is 0. The molecule has 176 valence electrons. The molecular weight excluding hydrogens is 466 g/mol. The predicted octanol–water partition coefficient (Wildman–Crippen LogP) is 3.63. The number of sulfone groups is 1. The molecule has 1 N–H and O–H groups in total. The van der Waals surface area contributed by atoms with Crippen LogP contribution in [0.3, 0.4) is 0 Å². The summed E-state index contributed by atoms with van der Waals surface area (Å²) in [5.74, 6) is 0.218. The number of aromatic nitrogens is 5. The van der Waals surface area contributed by atoms with Crippen molar-refractivity contribution >= 4 is 20.9 Å². The zero-order valence-electron chi connectivity index (χ0n) is 19.2. The minimum atomic E-state index is -3.86. The van der Waals surface area contributed by atoms with Crippen LogP contribution in [0.15, 0.2) is 81.4 Å². The molecule has 0 unspecified atom stereocenters.